The molecule has 0 spiro atoms. The molecule has 0 saturated heterocycles. The Hall–Kier alpha value is -1.65. The number of carbonyl (C=O) groups is 1. The van der Waals surface area contributed by atoms with Crippen molar-refractivity contribution in [2.24, 2.45) is 11.1 Å². The average Bonchev–Trinajstić information content (AvgIpc) is 2.98. The number of amides is 1. The van der Waals surface area contributed by atoms with E-state index >= 15 is 0 Å². The molecule has 122 valence electrons. The first-order valence-electron chi connectivity index (χ1n) is 8.08. The molecule has 1 aromatic heterocycles. The molecule has 1 amide bonds. The van der Waals surface area contributed by atoms with Crippen LogP contribution in [0.4, 0.5) is 0 Å². The summed E-state index contributed by atoms with van der Waals surface area (Å²) in [4.78, 5) is 16.7. The maximum atomic E-state index is 12.8. The summed E-state index contributed by atoms with van der Waals surface area (Å²) in [5.74, 6) is 0.100. The SMILES string of the molecule is CN(CC(C)(C)CN)C(=O)c1cc2c(s1)-c1ccccc1CC2. The number of hydrogen-bond donors (Lipinski definition) is 1. The first kappa shape index (κ1) is 16.2. The van der Waals surface area contributed by atoms with Crippen LogP contribution in [0.3, 0.4) is 0 Å². The lowest BCUT2D eigenvalue weighted by atomic mass is 9.91. The average molecular weight is 328 g/mol. The van der Waals surface area contributed by atoms with Gasteiger partial charge < -0.3 is 10.6 Å². The van der Waals surface area contributed by atoms with Gasteiger partial charge in [0.25, 0.3) is 5.91 Å². The van der Waals surface area contributed by atoms with E-state index in [1.165, 1.54) is 21.6 Å². The highest BCUT2D eigenvalue weighted by atomic mass is 32.1. The van der Waals surface area contributed by atoms with Crippen molar-refractivity contribution in [1.29, 1.82) is 0 Å². The van der Waals surface area contributed by atoms with E-state index in [4.69, 9.17) is 5.73 Å². The lowest BCUT2D eigenvalue weighted by molar-refractivity contribution is 0.0745. The number of benzene rings is 1. The van der Waals surface area contributed by atoms with Crippen molar-refractivity contribution in [3.63, 3.8) is 0 Å². The largest absolute Gasteiger partial charge is 0.340 e. The quantitative estimate of drug-likeness (QED) is 0.932. The Morgan fingerprint density at radius 3 is 2.70 bits per heavy atom. The first-order valence-corrected chi connectivity index (χ1v) is 8.89. The molecular weight excluding hydrogens is 304 g/mol. The van der Waals surface area contributed by atoms with Gasteiger partial charge in [0.05, 0.1) is 4.88 Å². The van der Waals surface area contributed by atoms with Gasteiger partial charge >= 0.3 is 0 Å². The third-order valence-corrected chi connectivity index (χ3v) is 5.71. The molecule has 0 unspecified atom stereocenters. The Morgan fingerprint density at radius 1 is 1.26 bits per heavy atom. The Kier molecular flexibility index (Phi) is 4.30. The van der Waals surface area contributed by atoms with Crippen LogP contribution in [0.25, 0.3) is 10.4 Å². The molecule has 3 rings (SSSR count). The van der Waals surface area contributed by atoms with Crippen molar-refractivity contribution >= 4 is 17.2 Å². The first-order chi connectivity index (χ1) is 10.9. The van der Waals surface area contributed by atoms with E-state index in [0.29, 0.717) is 13.1 Å². The molecule has 2 N–H and O–H groups in total. The molecule has 1 heterocycles. The van der Waals surface area contributed by atoms with Crippen molar-refractivity contribution in [2.75, 3.05) is 20.1 Å². The van der Waals surface area contributed by atoms with Crippen LogP contribution < -0.4 is 5.73 Å². The molecule has 1 aliphatic carbocycles. The van der Waals surface area contributed by atoms with Crippen LogP contribution in [0.5, 0.6) is 0 Å². The number of aryl methyl sites for hydroxylation is 2. The van der Waals surface area contributed by atoms with Crippen LogP contribution in [-0.2, 0) is 12.8 Å². The van der Waals surface area contributed by atoms with Crippen molar-refractivity contribution in [2.45, 2.75) is 26.7 Å². The third-order valence-electron chi connectivity index (χ3n) is 4.51. The van der Waals surface area contributed by atoms with Gasteiger partial charge in [-0.1, -0.05) is 38.1 Å². The second-order valence-electron chi connectivity index (χ2n) is 7.15. The lowest BCUT2D eigenvalue weighted by Crippen LogP contribution is -2.39. The van der Waals surface area contributed by atoms with Gasteiger partial charge in [-0.25, -0.2) is 0 Å². The van der Waals surface area contributed by atoms with E-state index in [2.05, 4.69) is 44.2 Å². The van der Waals surface area contributed by atoms with E-state index in [-0.39, 0.29) is 11.3 Å². The molecule has 0 aliphatic heterocycles. The number of carbonyl (C=O) groups excluding carboxylic acids is 1. The van der Waals surface area contributed by atoms with Crippen LogP contribution in [0.15, 0.2) is 30.3 Å². The second-order valence-corrected chi connectivity index (χ2v) is 8.20. The summed E-state index contributed by atoms with van der Waals surface area (Å²) in [6.07, 6.45) is 2.08. The molecule has 0 radical (unpaired) electrons. The zero-order chi connectivity index (χ0) is 16.6. The molecule has 4 heteroatoms. The summed E-state index contributed by atoms with van der Waals surface area (Å²) in [5.41, 5.74) is 9.72. The van der Waals surface area contributed by atoms with Gasteiger partial charge in [-0.15, -0.1) is 11.3 Å². The van der Waals surface area contributed by atoms with Gasteiger partial charge in [-0.2, -0.15) is 0 Å². The van der Waals surface area contributed by atoms with E-state index < -0.39 is 0 Å². The maximum absolute atomic E-state index is 12.8. The highest BCUT2D eigenvalue weighted by Gasteiger charge is 2.25. The van der Waals surface area contributed by atoms with Gasteiger partial charge in [-0.05, 0) is 47.6 Å². The fraction of sp³-hybridized carbons (Fsp3) is 0.421. The Balaban J connectivity index is 1.87. The molecule has 0 bridgehead atoms. The molecule has 23 heavy (non-hydrogen) atoms. The monoisotopic (exact) mass is 328 g/mol. The van der Waals surface area contributed by atoms with E-state index in [1.807, 2.05) is 7.05 Å². The minimum atomic E-state index is -0.0616. The molecular formula is C19H24N2OS. The zero-order valence-corrected chi connectivity index (χ0v) is 14.9. The topological polar surface area (TPSA) is 46.3 Å². The molecule has 0 atom stereocenters. The van der Waals surface area contributed by atoms with Crippen LogP contribution in [0.1, 0.15) is 34.6 Å². The summed E-state index contributed by atoms with van der Waals surface area (Å²) >= 11 is 1.63. The Morgan fingerprint density at radius 2 is 1.96 bits per heavy atom. The normalized spacial score (nSPS) is 13.4. The predicted molar refractivity (Wildman–Crippen MR) is 97.0 cm³/mol. The Bertz CT molecular complexity index is 733. The number of hydrogen-bond acceptors (Lipinski definition) is 3. The van der Waals surface area contributed by atoms with E-state index in [0.717, 1.165) is 17.7 Å². The summed E-state index contributed by atoms with van der Waals surface area (Å²) < 4.78 is 0. The highest BCUT2D eigenvalue weighted by Crippen LogP contribution is 2.39. The van der Waals surface area contributed by atoms with Gasteiger partial charge in [0.2, 0.25) is 0 Å². The molecule has 1 aliphatic rings. The van der Waals surface area contributed by atoms with E-state index in [1.54, 1.807) is 16.2 Å². The fourth-order valence-corrected chi connectivity index (χ4v) is 4.41. The maximum Gasteiger partial charge on any atom is 0.263 e. The van der Waals surface area contributed by atoms with Crippen molar-refractivity contribution < 1.29 is 4.79 Å². The number of fused-ring (bicyclic) bond motifs is 3. The van der Waals surface area contributed by atoms with Crippen molar-refractivity contribution in [1.82, 2.24) is 4.90 Å². The summed E-state index contributed by atoms with van der Waals surface area (Å²) in [6, 6.07) is 10.6. The number of rotatable bonds is 4. The van der Waals surface area contributed by atoms with Crippen molar-refractivity contribution in [3.05, 3.63) is 46.3 Å². The number of nitrogens with two attached hydrogens (primary N) is 1. The fourth-order valence-electron chi connectivity index (χ4n) is 3.14. The smallest absolute Gasteiger partial charge is 0.263 e. The Labute approximate surface area is 142 Å². The van der Waals surface area contributed by atoms with Crippen LogP contribution in [0.2, 0.25) is 0 Å². The van der Waals surface area contributed by atoms with Crippen LogP contribution >= 0.6 is 11.3 Å². The minimum absolute atomic E-state index is 0.0616. The summed E-state index contributed by atoms with van der Waals surface area (Å²) in [5, 5.41) is 0. The third kappa shape index (κ3) is 3.19. The molecule has 2 aromatic rings. The predicted octanol–water partition coefficient (Wildman–Crippen LogP) is 3.57. The number of thiophene rings is 1. The second kappa shape index (κ2) is 6.10. The zero-order valence-electron chi connectivity index (χ0n) is 14.1. The molecule has 0 fully saturated rings. The summed E-state index contributed by atoms with van der Waals surface area (Å²) in [6.45, 7) is 5.42. The minimum Gasteiger partial charge on any atom is -0.340 e. The van der Waals surface area contributed by atoms with Crippen LogP contribution in [0, 0.1) is 5.41 Å². The summed E-state index contributed by atoms with van der Waals surface area (Å²) in [7, 11) is 1.87. The standard InChI is InChI=1S/C19H24N2OS/c1-19(2,11-20)12-21(3)18(22)16-10-14-9-8-13-6-4-5-7-15(13)17(14)23-16/h4-7,10H,8-9,11-12,20H2,1-3H3. The highest BCUT2D eigenvalue weighted by molar-refractivity contribution is 7.17. The van der Waals surface area contributed by atoms with Crippen molar-refractivity contribution in [3.8, 4) is 10.4 Å². The van der Waals surface area contributed by atoms with Gasteiger partial charge in [0.15, 0.2) is 0 Å². The van der Waals surface area contributed by atoms with Gasteiger partial charge in [0.1, 0.15) is 0 Å². The molecule has 1 aromatic carbocycles. The van der Waals surface area contributed by atoms with Gasteiger partial charge in [-0.3, -0.25) is 4.79 Å². The number of nitrogens with zero attached hydrogens (tertiary/aromatic N) is 1. The van der Waals surface area contributed by atoms with Gasteiger partial charge in [0, 0.05) is 18.5 Å². The molecule has 3 nitrogen and oxygen atoms in total. The van der Waals surface area contributed by atoms with Crippen LogP contribution in [-0.4, -0.2) is 30.9 Å². The van der Waals surface area contributed by atoms with E-state index in [9.17, 15) is 4.79 Å². The lowest BCUT2D eigenvalue weighted by Gasteiger charge is -2.28. The molecule has 0 saturated carbocycles.